The van der Waals surface area contributed by atoms with Gasteiger partial charge in [-0.05, 0) is 24.5 Å². The van der Waals surface area contributed by atoms with Crippen LogP contribution in [-0.2, 0) is 11.2 Å². The van der Waals surface area contributed by atoms with E-state index in [0.717, 1.165) is 12.4 Å². The van der Waals surface area contributed by atoms with Crippen molar-refractivity contribution in [2.24, 2.45) is 5.92 Å². The summed E-state index contributed by atoms with van der Waals surface area (Å²) in [6, 6.07) is 2.14. The Hall–Kier alpha value is -1.45. The molecule has 0 spiro atoms. The number of halogens is 2. The van der Waals surface area contributed by atoms with Gasteiger partial charge in [-0.15, -0.1) is 0 Å². The number of hydrogen-bond acceptors (Lipinski definition) is 2. The molecule has 1 aromatic rings. The fourth-order valence-corrected chi connectivity index (χ4v) is 1.56. The van der Waals surface area contributed by atoms with Crippen LogP contribution in [0.5, 0.6) is 0 Å². The van der Waals surface area contributed by atoms with E-state index in [9.17, 15) is 13.6 Å². The third-order valence-electron chi connectivity index (χ3n) is 2.49. The number of carbonyl (C=O) groups is 1. The second-order valence-corrected chi connectivity index (χ2v) is 3.82. The minimum absolute atomic E-state index is 0.101. The Morgan fingerprint density at radius 3 is 2.69 bits per heavy atom. The summed E-state index contributed by atoms with van der Waals surface area (Å²) in [4.78, 5) is 10.5. The first-order valence-electron chi connectivity index (χ1n) is 5.19. The van der Waals surface area contributed by atoms with E-state index < -0.39 is 11.6 Å². The van der Waals surface area contributed by atoms with Gasteiger partial charge in [0.05, 0.1) is 5.69 Å². The fourth-order valence-electron chi connectivity index (χ4n) is 1.56. The van der Waals surface area contributed by atoms with Gasteiger partial charge in [0.15, 0.2) is 0 Å². The molecule has 0 bridgehead atoms. The molecule has 88 valence electrons. The van der Waals surface area contributed by atoms with Gasteiger partial charge in [-0.25, -0.2) is 8.78 Å². The van der Waals surface area contributed by atoms with E-state index in [2.05, 4.69) is 5.32 Å². The maximum Gasteiger partial charge on any atom is 0.149 e. The highest BCUT2D eigenvalue weighted by atomic mass is 19.1. The molecule has 0 saturated carbocycles. The van der Waals surface area contributed by atoms with Gasteiger partial charge in [0.1, 0.15) is 17.9 Å². The summed E-state index contributed by atoms with van der Waals surface area (Å²) in [7, 11) is 1.59. The van der Waals surface area contributed by atoms with Crippen LogP contribution in [-0.4, -0.2) is 13.3 Å². The van der Waals surface area contributed by atoms with E-state index in [1.165, 1.54) is 6.07 Å². The number of nitrogens with one attached hydrogen (secondary N) is 1. The van der Waals surface area contributed by atoms with Crippen molar-refractivity contribution in [3.63, 3.8) is 0 Å². The summed E-state index contributed by atoms with van der Waals surface area (Å²) >= 11 is 0. The largest absolute Gasteiger partial charge is 0.386 e. The van der Waals surface area contributed by atoms with Crippen molar-refractivity contribution < 1.29 is 13.6 Å². The van der Waals surface area contributed by atoms with Gasteiger partial charge in [0.2, 0.25) is 0 Å². The highest BCUT2D eigenvalue weighted by Crippen LogP contribution is 2.23. The molecule has 0 fully saturated rings. The zero-order valence-electron chi connectivity index (χ0n) is 9.39. The molecule has 0 saturated heterocycles. The molecule has 0 radical (unpaired) electrons. The van der Waals surface area contributed by atoms with Gasteiger partial charge in [-0.2, -0.15) is 0 Å². The standard InChI is InChI=1S/C12H15F2NO/c1-8(7-16)3-4-9-5-10(13)6-11(14)12(9)15-2/h5-8,15H,3-4H2,1-2H3. The molecule has 2 nitrogen and oxygen atoms in total. The van der Waals surface area contributed by atoms with Crippen LogP contribution in [0, 0.1) is 17.6 Å². The van der Waals surface area contributed by atoms with E-state index in [1.807, 2.05) is 0 Å². The first-order valence-corrected chi connectivity index (χ1v) is 5.19. The zero-order valence-corrected chi connectivity index (χ0v) is 9.39. The first kappa shape index (κ1) is 12.6. The van der Waals surface area contributed by atoms with Crippen LogP contribution < -0.4 is 5.32 Å². The lowest BCUT2D eigenvalue weighted by molar-refractivity contribution is -0.110. The highest BCUT2D eigenvalue weighted by molar-refractivity contribution is 5.54. The normalized spacial score (nSPS) is 12.2. The summed E-state index contributed by atoms with van der Waals surface area (Å²) < 4.78 is 26.4. The smallest absolute Gasteiger partial charge is 0.149 e. The van der Waals surface area contributed by atoms with E-state index in [0.29, 0.717) is 24.1 Å². The Bertz CT molecular complexity index is 380. The predicted octanol–water partition coefficient (Wildman–Crippen LogP) is 2.77. The van der Waals surface area contributed by atoms with Crippen molar-refractivity contribution in [2.75, 3.05) is 12.4 Å². The van der Waals surface area contributed by atoms with Crippen LogP contribution in [0.15, 0.2) is 12.1 Å². The molecule has 0 aliphatic heterocycles. The topological polar surface area (TPSA) is 29.1 Å². The number of benzene rings is 1. The molecule has 1 atom stereocenters. The van der Waals surface area contributed by atoms with Crippen LogP contribution >= 0.6 is 0 Å². The van der Waals surface area contributed by atoms with E-state index in [1.54, 1.807) is 14.0 Å². The first-order chi connectivity index (χ1) is 7.58. The van der Waals surface area contributed by atoms with Crippen molar-refractivity contribution in [3.05, 3.63) is 29.3 Å². The van der Waals surface area contributed by atoms with Gasteiger partial charge in [0, 0.05) is 19.0 Å². The lowest BCUT2D eigenvalue weighted by atomic mass is 10.0. The van der Waals surface area contributed by atoms with Gasteiger partial charge >= 0.3 is 0 Å². The molecule has 1 rings (SSSR count). The summed E-state index contributed by atoms with van der Waals surface area (Å²) in [6.45, 7) is 1.78. The van der Waals surface area contributed by atoms with Crippen LogP contribution in [0.3, 0.4) is 0 Å². The van der Waals surface area contributed by atoms with Gasteiger partial charge in [-0.3, -0.25) is 0 Å². The Kier molecular flexibility index (Phi) is 4.40. The molecule has 1 unspecified atom stereocenters. The number of hydrogen-bond donors (Lipinski definition) is 1. The monoisotopic (exact) mass is 227 g/mol. The summed E-state index contributed by atoms with van der Waals surface area (Å²) in [6.07, 6.45) is 1.90. The van der Waals surface area contributed by atoms with Gasteiger partial charge in [0.25, 0.3) is 0 Å². The highest BCUT2D eigenvalue weighted by Gasteiger charge is 2.11. The maximum absolute atomic E-state index is 13.3. The zero-order chi connectivity index (χ0) is 12.1. The third-order valence-corrected chi connectivity index (χ3v) is 2.49. The fraction of sp³-hybridized carbons (Fsp3) is 0.417. The summed E-state index contributed by atoms with van der Waals surface area (Å²) in [5.41, 5.74) is 0.869. The molecule has 0 heterocycles. The molecular weight excluding hydrogens is 212 g/mol. The van der Waals surface area contributed by atoms with Crippen LogP contribution in [0.1, 0.15) is 18.9 Å². The molecule has 0 amide bonds. The molecular formula is C12H15F2NO. The minimum atomic E-state index is -0.601. The van der Waals surface area contributed by atoms with Gasteiger partial charge in [-0.1, -0.05) is 6.92 Å². The molecule has 0 aromatic heterocycles. The second-order valence-electron chi connectivity index (χ2n) is 3.82. The van der Waals surface area contributed by atoms with Crippen molar-refractivity contribution in [1.29, 1.82) is 0 Å². The Balaban J connectivity index is 2.89. The lowest BCUT2D eigenvalue weighted by Crippen LogP contribution is -2.04. The number of anilines is 1. The molecule has 1 aromatic carbocycles. The average Bonchev–Trinajstić information content (AvgIpc) is 2.25. The number of aldehydes is 1. The molecule has 1 N–H and O–H groups in total. The predicted molar refractivity (Wildman–Crippen MR) is 59.5 cm³/mol. The summed E-state index contributed by atoms with van der Waals surface area (Å²) in [5, 5.41) is 2.70. The van der Waals surface area contributed by atoms with E-state index in [4.69, 9.17) is 0 Å². The van der Waals surface area contributed by atoms with Crippen molar-refractivity contribution in [2.45, 2.75) is 19.8 Å². The van der Waals surface area contributed by atoms with Crippen LogP contribution in [0.25, 0.3) is 0 Å². The molecule has 16 heavy (non-hydrogen) atoms. The maximum atomic E-state index is 13.3. The van der Waals surface area contributed by atoms with Crippen LogP contribution in [0.4, 0.5) is 14.5 Å². The van der Waals surface area contributed by atoms with Gasteiger partial charge < -0.3 is 10.1 Å². The van der Waals surface area contributed by atoms with Crippen LogP contribution in [0.2, 0.25) is 0 Å². The Labute approximate surface area is 93.7 Å². The Morgan fingerprint density at radius 1 is 1.44 bits per heavy atom. The quantitative estimate of drug-likeness (QED) is 0.784. The SMILES string of the molecule is CNc1c(F)cc(F)cc1CCC(C)C=O. The average molecular weight is 227 g/mol. The number of aryl methyl sites for hydroxylation is 1. The molecule has 4 heteroatoms. The lowest BCUT2D eigenvalue weighted by Gasteiger charge is -2.11. The van der Waals surface area contributed by atoms with Crippen molar-refractivity contribution in [1.82, 2.24) is 0 Å². The minimum Gasteiger partial charge on any atom is -0.386 e. The summed E-state index contributed by atoms with van der Waals surface area (Å²) in [5.74, 6) is -1.29. The van der Waals surface area contributed by atoms with E-state index in [-0.39, 0.29) is 5.92 Å². The second kappa shape index (κ2) is 5.58. The molecule has 0 aliphatic rings. The van der Waals surface area contributed by atoms with E-state index >= 15 is 0 Å². The Morgan fingerprint density at radius 2 is 2.12 bits per heavy atom. The number of carbonyl (C=O) groups excluding carboxylic acids is 1. The van der Waals surface area contributed by atoms with Crippen molar-refractivity contribution in [3.8, 4) is 0 Å². The third kappa shape index (κ3) is 3.02. The number of rotatable bonds is 5. The molecule has 0 aliphatic carbocycles. The van der Waals surface area contributed by atoms with Crippen molar-refractivity contribution >= 4 is 12.0 Å².